The molecule has 3 aromatic rings. The summed E-state index contributed by atoms with van der Waals surface area (Å²) >= 11 is 0. The molecule has 4 rings (SSSR count). The molecule has 6 heteroatoms. The predicted octanol–water partition coefficient (Wildman–Crippen LogP) is 4.03. The van der Waals surface area contributed by atoms with E-state index in [4.69, 9.17) is 9.84 Å². The van der Waals surface area contributed by atoms with Crippen LogP contribution < -0.4 is 4.74 Å². The summed E-state index contributed by atoms with van der Waals surface area (Å²) in [7, 11) is 3.74. The molecule has 0 amide bonds. The van der Waals surface area contributed by atoms with Crippen LogP contribution in [0.15, 0.2) is 77.1 Å². The molecule has 1 unspecified atom stereocenters. The number of nitriles is 1. The Balaban J connectivity index is 1.96. The Bertz CT molecular complexity index is 1120. The summed E-state index contributed by atoms with van der Waals surface area (Å²) in [5, 5.41) is 14.7. The third-order valence-electron chi connectivity index (χ3n) is 4.72. The number of hydrogen-bond acceptors (Lipinski definition) is 4. The average molecular weight is 383 g/mol. The van der Waals surface area contributed by atoms with Gasteiger partial charge in [0.25, 0.3) is 0 Å². The first-order valence-electron chi connectivity index (χ1n) is 9.32. The summed E-state index contributed by atoms with van der Waals surface area (Å²) in [5.41, 5.74) is 4.07. The zero-order valence-electron chi connectivity index (χ0n) is 16.6. The van der Waals surface area contributed by atoms with E-state index in [-0.39, 0.29) is 5.92 Å². The normalized spacial score (nSPS) is 15.7. The number of allylic oxidation sites excluding steroid dienone is 1. The molecule has 2 aromatic carbocycles. The van der Waals surface area contributed by atoms with Crippen molar-refractivity contribution in [1.82, 2.24) is 14.7 Å². The van der Waals surface area contributed by atoms with Crippen molar-refractivity contribution in [1.29, 1.82) is 5.26 Å². The van der Waals surface area contributed by atoms with E-state index in [1.807, 2.05) is 81.7 Å². The lowest BCUT2D eigenvalue weighted by Crippen LogP contribution is -2.18. The fourth-order valence-corrected chi connectivity index (χ4v) is 3.46. The number of para-hydroxylation sites is 1. The summed E-state index contributed by atoms with van der Waals surface area (Å²) in [6, 6.07) is 22.1. The Kier molecular flexibility index (Phi) is 4.88. The van der Waals surface area contributed by atoms with Crippen LogP contribution in [0.25, 0.3) is 5.69 Å². The van der Waals surface area contributed by atoms with Crippen molar-refractivity contribution in [2.75, 3.05) is 14.1 Å². The van der Waals surface area contributed by atoms with Gasteiger partial charge in [0.15, 0.2) is 0 Å². The zero-order chi connectivity index (χ0) is 20.4. The van der Waals surface area contributed by atoms with Crippen molar-refractivity contribution in [3.8, 4) is 17.6 Å². The molecule has 1 atom stereocenters. The van der Waals surface area contributed by atoms with Gasteiger partial charge < -0.3 is 9.64 Å². The highest BCUT2D eigenvalue weighted by Crippen LogP contribution is 2.45. The predicted molar refractivity (Wildman–Crippen MR) is 112 cm³/mol. The second-order valence-corrected chi connectivity index (χ2v) is 7.04. The van der Waals surface area contributed by atoms with Gasteiger partial charge in [0.05, 0.1) is 29.2 Å². The summed E-state index contributed by atoms with van der Waals surface area (Å²) < 4.78 is 7.95. The first kappa shape index (κ1) is 18.5. The first-order valence-corrected chi connectivity index (χ1v) is 9.32. The topological polar surface area (TPSA) is 66.4 Å². The van der Waals surface area contributed by atoms with Crippen molar-refractivity contribution in [2.24, 2.45) is 4.99 Å². The molecule has 0 radical (unpaired) electrons. The second kappa shape index (κ2) is 7.64. The number of ether oxygens (including phenoxy) is 1. The van der Waals surface area contributed by atoms with Crippen molar-refractivity contribution in [3.63, 3.8) is 0 Å². The Morgan fingerprint density at radius 2 is 1.76 bits per heavy atom. The minimum atomic E-state index is -0.295. The second-order valence-electron chi connectivity index (χ2n) is 7.04. The largest absolute Gasteiger partial charge is 0.419 e. The molecule has 6 nitrogen and oxygen atoms in total. The number of aromatic nitrogens is 2. The van der Waals surface area contributed by atoms with E-state index in [2.05, 4.69) is 11.1 Å². The van der Waals surface area contributed by atoms with Crippen LogP contribution in [0.3, 0.4) is 0 Å². The lowest BCUT2D eigenvalue weighted by atomic mass is 9.84. The maximum atomic E-state index is 10.00. The van der Waals surface area contributed by atoms with E-state index in [1.54, 1.807) is 15.9 Å². The minimum absolute atomic E-state index is 0.291. The number of benzene rings is 2. The molecular weight excluding hydrogens is 362 g/mol. The third-order valence-corrected chi connectivity index (χ3v) is 4.72. The number of aryl methyl sites for hydroxylation is 1. The Morgan fingerprint density at radius 1 is 1.10 bits per heavy atom. The standard InChI is InChI=1S/C23H21N5O/c1-16-20-21(17-10-6-4-7-11-17)19(14-24)22(25-15-27(2)3)29-23(20)28(26-16)18-12-8-5-9-13-18/h4-13,15,21H,1-3H3. The van der Waals surface area contributed by atoms with Crippen molar-refractivity contribution >= 4 is 6.34 Å². The molecule has 0 bridgehead atoms. The minimum Gasteiger partial charge on any atom is -0.419 e. The Morgan fingerprint density at radius 3 is 2.38 bits per heavy atom. The summed E-state index contributed by atoms with van der Waals surface area (Å²) in [4.78, 5) is 6.25. The average Bonchev–Trinajstić information content (AvgIpc) is 3.08. The van der Waals surface area contributed by atoms with Gasteiger partial charge in [-0.3, -0.25) is 0 Å². The van der Waals surface area contributed by atoms with E-state index in [1.165, 1.54) is 0 Å². The Hall–Kier alpha value is -3.85. The summed E-state index contributed by atoms with van der Waals surface area (Å²) in [6.07, 6.45) is 1.63. The van der Waals surface area contributed by atoms with Crippen molar-refractivity contribution < 1.29 is 4.74 Å². The van der Waals surface area contributed by atoms with E-state index < -0.39 is 0 Å². The molecule has 29 heavy (non-hydrogen) atoms. The highest BCUT2D eigenvalue weighted by Gasteiger charge is 2.36. The first-order chi connectivity index (χ1) is 14.1. The molecule has 0 fully saturated rings. The quantitative estimate of drug-likeness (QED) is 0.504. The number of fused-ring (bicyclic) bond motifs is 1. The molecule has 0 N–H and O–H groups in total. The SMILES string of the molecule is Cc1nn(-c2ccccc2)c2c1C(c1ccccc1)C(C#N)=C(N=CN(C)C)O2. The Labute approximate surface area is 170 Å². The van der Waals surface area contributed by atoms with E-state index in [0.717, 1.165) is 22.5 Å². The van der Waals surface area contributed by atoms with Gasteiger partial charge >= 0.3 is 0 Å². The third kappa shape index (κ3) is 3.39. The van der Waals surface area contributed by atoms with Gasteiger partial charge in [-0.25, -0.2) is 9.67 Å². The van der Waals surface area contributed by atoms with Gasteiger partial charge in [-0.15, -0.1) is 0 Å². The van der Waals surface area contributed by atoms with Crippen LogP contribution in [0.1, 0.15) is 22.7 Å². The highest BCUT2D eigenvalue weighted by atomic mass is 16.5. The number of rotatable bonds is 4. The van der Waals surface area contributed by atoms with E-state index >= 15 is 0 Å². The molecular formula is C23H21N5O. The molecule has 0 saturated heterocycles. The van der Waals surface area contributed by atoms with Gasteiger partial charge in [-0.2, -0.15) is 10.4 Å². The van der Waals surface area contributed by atoms with Crippen LogP contribution in [0.5, 0.6) is 5.88 Å². The van der Waals surface area contributed by atoms with Gasteiger partial charge in [0.1, 0.15) is 11.6 Å². The molecule has 0 spiro atoms. The van der Waals surface area contributed by atoms with Gasteiger partial charge in [0.2, 0.25) is 11.8 Å². The molecule has 0 aliphatic carbocycles. The van der Waals surface area contributed by atoms with Crippen LogP contribution in [-0.2, 0) is 0 Å². The van der Waals surface area contributed by atoms with Crippen LogP contribution >= 0.6 is 0 Å². The fourth-order valence-electron chi connectivity index (χ4n) is 3.46. The fraction of sp³-hybridized carbons (Fsp3) is 0.174. The highest BCUT2D eigenvalue weighted by molar-refractivity contribution is 5.61. The number of aliphatic imine (C=N–C) groups is 1. The van der Waals surface area contributed by atoms with Crippen molar-refractivity contribution in [3.05, 3.63) is 88.9 Å². The maximum absolute atomic E-state index is 10.00. The molecule has 1 aliphatic rings. The molecule has 2 heterocycles. The van der Waals surface area contributed by atoms with Crippen LogP contribution in [0, 0.1) is 18.3 Å². The molecule has 144 valence electrons. The van der Waals surface area contributed by atoms with Gasteiger partial charge in [0, 0.05) is 14.1 Å². The van der Waals surface area contributed by atoms with Gasteiger partial charge in [-0.1, -0.05) is 48.5 Å². The molecule has 1 aromatic heterocycles. The van der Waals surface area contributed by atoms with Crippen LogP contribution in [0.2, 0.25) is 0 Å². The van der Waals surface area contributed by atoms with Gasteiger partial charge in [-0.05, 0) is 24.6 Å². The van der Waals surface area contributed by atoms with Crippen LogP contribution in [0.4, 0.5) is 0 Å². The molecule has 1 aliphatic heterocycles. The lowest BCUT2D eigenvalue weighted by Gasteiger charge is -2.25. The number of hydrogen-bond donors (Lipinski definition) is 0. The molecule has 0 saturated carbocycles. The van der Waals surface area contributed by atoms with E-state index in [0.29, 0.717) is 17.3 Å². The smallest absolute Gasteiger partial charge is 0.237 e. The number of nitrogens with zero attached hydrogens (tertiary/aromatic N) is 5. The monoisotopic (exact) mass is 383 g/mol. The zero-order valence-corrected chi connectivity index (χ0v) is 16.6. The summed E-state index contributed by atoms with van der Waals surface area (Å²) in [6.45, 7) is 1.95. The maximum Gasteiger partial charge on any atom is 0.237 e. The summed E-state index contributed by atoms with van der Waals surface area (Å²) in [5.74, 6) is 0.587. The lowest BCUT2D eigenvalue weighted by molar-refractivity contribution is 0.367. The van der Waals surface area contributed by atoms with E-state index in [9.17, 15) is 5.26 Å². The van der Waals surface area contributed by atoms with Crippen molar-refractivity contribution in [2.45, 2.75) is 12.8 Å². The van der Waals surface area contributed by atoms with Crippen LogP contribution in [-0.4, -0.2) is 35.1 Å².